The second-order valence-electron chi connectivity index (χ2n) is 12.5. The standard InChI is InChI=1S/C34H32FN7O2/c1-40-31-25(12-22(14-28(31)44-2)34(43)42-17-21-9-11-26(42)30(21)37)39-33(40)27-13-19-8-10-24(23-5-3-4-20(15-36)29(23)35)38-32(19)41(27)16-18-6-7-18/h3-5,8,10,12-14,18,21,26,30H,6-7,9,11,16-17,37H2,1-2H3/t21?,26?,30-/m1/s1. The number of hydrogen-bond donors (Lipinski definition) is 1. The molecule has 0 radical (unpaired) electrons. The van der Waals surface area contributed by atoms with Crippen LogP contribution in [-0.2, 0) is 13.6 Å². The van der Waals surface area contributed by atoms with Crippen LogP contribution in [0.1, 0.15) is 41.6 Å². The smallest absolute Gasteiger partial charge is 0.254 e. The van der Waals surface area contributed by atoms with Crippen molar-refractivity contribution in [1.82, 2.24) is 24.0 Å². The molecule has 2 saturated carbocycles. The van der Waals surface area contributed by atoms with Crippen LogP contribution < -0.4 is 10.5 Å². The average Bonchev–Trinajstić information content (AvgIpc) is 3.44. The van der Waals surface area contributed by atoms with Gasteiger partial charge in [-0.15, -0.1) is 0 Å². The molecule has 4 heterocycles. The van der Waals surface area contributed by atoms with E-state index in [9.17, 15) is 10.1 Å². The second kappa shape index (κ2) is 9.89. The third-order valence-corrected chi connectivity index (χ3v) is 9.82. The SMILES string of the molecule is COc1cc(C(=O)N2CC3CCC2[C@@H]3N)cc2nc(-c3cc4ccc(-c5cccc(C#N)c5F)nc4n3CC3CC3)n(C)c12. The number of halogens is 1. The van der Waals surface area contributed by atoms with E-state index in [2.05, 4.69) is 10.6 Å². The summed E-state index contributed by atoms with van der Waals surface area (Å²) in [6, 6.07) is 16.3. The van der Waals surface area contributed by atoms with Gasteiger partial charge in [0.05, 0.1) is 29.6 Å². The number of piperidine rings is 1. The van der Waals surface area contributed by atoms with Crippen molar-refractivity contribution in [3.63, 3.8) is 0 Å². The number of nitriles is 1. The van der Waals surface area contributed by atoms with Gasteiger partial charge in [0.15, 0.2) is 5.82 Å². The van der Waals surface area contributed by atoms with Crippen LogP contribution in [0.5, 0.6) is 5.75 Å². The number of amides is 1. The van der Waals surface area contributed by atoms with E-state index in [-0.39, 0.29) is 23.6 Å². The molecule has 44 heavy (non-hydrogen) atoms. The Kier molecular flexibility index (Phi) is 6.04. The molecule has 2 bridgehead atoms. The summed E-state index contributed by atoms with van der Waals surface area (Å²) in [6.07, 6.45) is 4.30. The number of benzene rings is 2. The van der Waals surface area contributed by atoms with Crippen molar-refractivity contribution < 1.29 is 13.9 Å². The highest BCUT2D eigenvalue weighted by atomic mass is 19.1. The molecule has 8 rings (SSSR count). The van der Waals surface area contributed by atoms with Gasteiger partial charge in [-0.3, -0.25) is 4.79 Å². The van der Waals surface area contributed by atoms with Crippen LogP contribution in [0.3, 0.4) is 0 Å². The Bertz CT molecular complexity index is 2040. The molecule has 0 spiro atoms. The van der Waals surface area contributed by atoms with E-state index in [4.69, 9.17) is 20.4 Å². The predicted octanol–water partition coefficient (Wildman–Crippen LogP) is 5.25. The maximum atomic E-state index is 15.1. The molecule has 9 nitrogen and oxygen atoms in total. The number of nitrogens with two attached hydrogens (primary N) is 1. The van der Waals surface area contributed by atoms with Crippen molar-refractivity contribution in [1.29, 1.82) is 5.26 Å². The molecule has 1 amide bonds. The Balaban J connectivity index is 1.25. The number of methoxy groups -OCH3 is 1. The van der Waals surface area contributed by atoms with Gasteiger partial charge >= 0.3 is 0 Å². The minimum Gasteiger partial charge on any atom is -0.494 e. The van der Waals surface area contributed by atoms with Gasteiger partial charge in [0.2, 0.25) is 0 Å². The number of fused-ring (bicyclic) bond motifs is 4. The van der Waals surface area contributed by atoms with Gasteiger partial charge in [0.25, 0.3) is 5.91 Å². The van der Waals surface area contributed by atoms with E-state index in [0.717, 1.165) is 60.3 Å². The molecule has 3 atom stereocenters. The first kappa shape index (κ1) is 26.8. The topological polar surface area (TPSA) is 115 Å². The fraction of sp³-hybridized carbons (Fsp3) is 0.353. The Morgan fingerprint density at radius 3 is 2.68 bits per heavy atom. The lowest BCUT2D eigenvalue weighted by molar-refractivity contribution is 0.0700. The third-order valence-electron chi connectivity index (χ3n) is 9.82. The Hall–Kier alpha value is -4.75. The fourth-order valence-corrected chi connectivity index (χ4v) is 7.29. The molecule has 3 aliphatic rings. The number of rotatable bonds is 6. The largest absolute Gasteiger partial charge is 0.494 e. The summed E-state index contributed by atoms with van der Waals surface area (Å²) >= 11 is 0. The zero-order valence-corrected chi connectivity index (χ0v) is 24.6. The van der Waals surface area contributed by atoms with Gasteiger partial charge in [0.1, 0.15) is 28.8 Å². The molecule has 3 fully saturated rings. The minimum absolute atomic E-state index is 0.00923. The molecule has 1 aliphatic heterocycles. The van der Waals surface area contributed by atoms with Crippen LogP contribution in [0.25, 0.3) is 44.8 Å². The van der Waals surface area contributed by atoms with Gasteiger partial charge in [-0.25, -0.2) is 14.4 Å². The molecule has 10 heteroatoms. The lowest BCUT2D eigenvalue weighted by Crippen LogP contribution is -2.41. The molecule has 2 aromatic carbocycles. The van der Waals surface area contributed by atoms with Gasteiger partial charge in [0, 0.05) is 48.7 Å². The summed E-state index contributed by atoms with van der Waals surface area (Å²) in [5.74, 6) is 1.60. The highest BCUT2D eigenvalue weighted by Crippen LogP contribution is 2.40. The van der Waals surface area contributed by atoms with E-state index in [0.29, 0.717) is 46.5 Å². The minimum atomic E-state index is -0.570. The zero-order chi connectivity index (χ0) is 30.3. The van der Waals surface area contributed by atoms with Crippen LogP contribution in [0, 0.1) is 29.0 Å². The summed E-state index contributed by atoms with van der Waals surface area (Å²) < 4.78 is 25.1. The van der Waals surface area contributed by atoms with Crippen LogP contribution in [0.4, 0.5) is 4.39 Å². The summed E-state index contributed by atoms with van der Waals surface area (Å²) in [5, 5.41) is 10.3. The van der Waals surface area contributed by atoms with E-state index in [1.54, 1.807) is 25.3 Å². The van der Waals surface area contributed by atoms with Crippen LogP contribution in [0.15, 0.2) is 48.5 Å². The van der Waals surface area contributed by atoms with Gasteiger partial charge in [-0.1, -0.05) is 6.07 Å². The molecule has 5 aromatic rings. The predicted molar refractivity (Wildman–Crippen MR) is 164 cm³/mol. The number of imidazole rings is 1. The van der Waals surface area contributed by atoms with Gasteiger partial charge in [-0.05, 0) is 80.0 Å². The van der Waals surface area contributed by atoms with E-state index in [1.807, 2.05) is 40.8 Å². The Labute approximate surface area is 253 Å². The monoisotopic (exact) mass is 589 g/mol. The molecule has 3 aromatic heterocycles. The highest BCUT2D eigenvalue weighted by molar-refractivity contribution is 6.00. The van der Waals surface area contributed by atoms with Crippen molar-refractivity contribution >= 4 is 28.0 Å². The highest BCUT2D eigenvalue weighted by Gasteiger charge is 2.47. The Morgan fingerprint density at radius 2 is 1.98 bits per heavy atom. The number of nitrogens with zero attached hydrogens (tertiary/aromatic N) is 6. The first-order chi connectivity index (χ1) is 21.4. The third kappa shape index (κ3) is 4.03. The van der Waals surface area contributed by atoms with Crippen molar-refractivity contribution in [3.8, 4) is 34.6 Å². The first-order valence-corrected chi connectivity index (χ1v) is 15.2. The number of carbonyl (C=O) groups excluding carboxylic acids is 1. The second-order valence-corrected chi connectivity index (χ2v) is 12.5. The van der Waals surface area contributed by atoms with Crippen LogP contribution in [-0.4, -0.2) is 55.6 Å². The first-order valence-electron chi connectivity index (χ1n) is 15.2. The molecule has 2 N–H and O–H groups in total. The maximum Gasteiger partial charge on any atom is 0.254 e. The normalized spacial score (nSPS) is 21.0. The lowest BCUT2D eigenvalue weighted by atomic mass is 10.1. The van der Waals surface area contributed by atoms with Crippen LogP contribution >= 0.6 is 0 Å². The van der Waals surface area contributed by atoms with Crippen molar-refractivity contribution in [2.24, 2.45) is 24.6 Å². The van der Waals surface area contributed by atoms with E-state index in [1.165, 1.54) is 6.07 Å². The number of aromatic nitrogens is 4. The summed E-state index contributed by atoms with van der Waals surface area (Å²) in [7, 11) is 3.56. The molecule has 2 aliphatic carbocycles. The summed E-state index contributed by atoms with van der Waals surface area (Å²) in [6.45, 7) is 1.46. The number of likely N-dealkylation sites (tertiary alicyclic amines) is 1. The molecule has 1 saturated heterocycles. The number of carbonyl (C=O) groups is 1. The molecule has 222 valence electrons. The number of hydrogen-bond acceptors (Lipinski definition) is 6. The van der Waals surface area contributed by atoms with Crippen molar-refractivity contribution in [2.45, 2.75) is 44.3 Å². The number of ether oxygens (including phenoxy) is 1. The summed E-state index contributed by atoms with van der Waals surface area (Å²) in [4.78, 5) is 25.6. The van der Waals surface area contributed by atoms with Crippen molar-refractivity contribution in [3.05, 3.63) is 65.5 Å². The number of pyridine rings is 1. The van der Waals surface area contributed by atoms with Crippen LogP contribution in [0.2, 0.25) is 0 Å². The maximum absolute atomic E-state index is 15.1. The lowest BCUT2D eigenvalue weighted by Gasteiger charge is -2.27. The van der Waals surface area contributed by atoms with E-state index < -0.39 is 5.82 Å². The summed E-state index contributed by atoms with van der Waals surface area (Å²) in [5.41, 5.74) is 10.8. The fourth-order valence-electron chi connectivity index (χ4n) is 7.29. The van der Waals surface area contributed by atoms with Crippen molar-refractivity contribution in [2.75, 3.05) is 13.7 Å². The Morgan fingerprint density at radius 1 is 1.14 bits per heavy atom. The average molecular weight is 590 g/mol. The van der Waals surface area contributed by atoms with E-state index >= 15 is 4.39 Å². The number of aryl methyl sites for hydroxylation is 1. The quantitative estimate of drug-likeness (QED) is 0.289. The molecular formula is C34H32FN7O2. The molecule has 2 unspecified atom stereocenters. The zero-order valence-electron chi connectivity index (χ0n) is 24.6. The van der Waals surface area contributed by atoms with Gasteiger partial charge in [-0.2, -0.15) is 5.26 Å². The molecular weight excluding hydrogens is 557 g/mol. The van der Waals surface area contributed by atoms with Gasteiger partial charge < -0.3 is 24.5 Å².